The number of benzene rings is 2. The van der Waals surface area contributed by atoms with Crippen LogP contribution in [0.3, 0.4) is 0 Å². The zero-order valence-electron chi connectivity index (χ0n) is 15.4. The number of hydrogen-bond acceptors (Lipinski definition) is 3. The third kappa shape index (κ3) is 4.12. The Kier molecular flexibility index (Phi) is 5.77. The van der Waals surface area contributed by atoms with E-state index in [-0.39, 0.29) is 17.2 Å². The van der Waals surface area contributed by atoms with Gasteiger partial charge in [0.05, 0.1) is 10.9 Å². The van der Waals surface area contributed by atoms with Gasteiger partial charge in [0.2, 0.25) is 15.9 Å². The van der Waals surface area contributed by atoms with Gasteiger partial charge in [0.15, 0.2) is 0 Å². The van der Waals surface area contributed by atoms with Crippen LogP contribution in [-0.4, -0.2) is 31.7 Å². The molecule has 27 heavy (non-hydrogen) atoms. The maximum atomic E-state index is 13.3. The number of carbonyl (C=O) groups excluding carboxylic acids is 1. The van der Waals surface area contributed by atoms with Gasteiger partial charge < -0.3 is 5.32 Å². The summed E-state index contributed by atoms with van der Waals surface area (Å²) in [5, 5.41) is 2.75. The lowest BCUT2D eigenvalue weighted by Crippen LogP contribution is -2.42. The second kappa shape index (κ2) is 8.06. The minimum absolute atomic E-state index is 0.0793. The molecule has 1 heterocycles. The van der Waals surface area contributed by atoms with Gasteiger partial charge in [-0.15, -0.1) is 6.58 Å². The van der Waals surface area contributed by atoms with E-state index in [0.717, 1.165) is 16.7 Å². The van der Waals surface area contributed by atoms with Crippen LogP contribution < -0.4 is 5.32 Å². The Morgan fingerprint density at radius 2 is 1.93 bits per heavy atom. The summed E-state index contributed by atoms with van der Waals surface area (Å²) in [6, 6.07) is 14.0. The molecule has 142 valence electrons. The lowest BCUT2D eigenvalue weighted by atomic mass is 9.92. The highest BCUT2D eigenvalue weighted by molar-refractivity contribution is 7.89. The highest BCUT2D eigenvalue weighted by atomic mass is 32.2. The molecular formula is C21H24N2O3S. The number of carbonyl (C=O) groups is 1. The molecule has 1 amide bonds. The Balaban J connectivity index is 1.98. The topological polar surface area (TPSA) is 66.5 Å². The summed E-state index contributed by atoms with van der Waals surface area (Å²) in [5.74, 6) is -0.194. The molecular weight excluding hydrogens is 360 g/mol. The van der Waals surface area contributed by atoms with Crippen LogP contribution in [0.4, 0.5) is 0 Å². The van der Waals surface area contributed by atoms with Gasteiger partial charge >= 0.3 is 0 Å². The van der Waals surface area contributed by atoms with Gasteiger partial charge in [0.25, 0.3) is 0 Å². The van der Waals surface area contributed by atoms with E-state index in [4.69, 9.17) is 0 Å². The zero-order chi connectivity index (χ0) is 19.4. The minimum Gasteiger partial charge on any atom is -0.353 e. The normalized spacial score (nSPS) is 17.1. The van der Waals surface area contributed by atoms with Gasteiger partial charge in [-0.25, -0.2) is 8.42 Å². The molecule has 3 rings (SSSR count). The van der Waals surface area contributed by atoms with Gasteiger partial charge in [0, 0.05) is 19.5 Å². The fourth-order valence-electron chi connectivity index (χ4n) is 3.41. The van der Waals surface area contributed by atoms with Crippen LogP contribution in [0.25, 0.3) is 0 Å². The first kappa shape index (κ1) is 19.3. The molecule has 0 radical (unpaired) electrons. The van der Waals surface area contributed by atoms with Gasteiger partial charge in [-0.1, -0.05) is 48.0 Å². The van der Waals surface area contributed by atoms with Crippen molar-refractivity contribution in [1.82, 2.24) is 9.62 Å². The Morgan fingerprint density at radius 1 is 1.22 bits per heavy atom. The number of rotatable bonds is 6. The van der Waals surface area contributed by atoms with Gasteiger partial charge in [-0.3, -0.25) is 4.79 Å². The van der Waals surface area contributed by atoms with E-state index in [2.05, 4.69) is 11.9 Å². The SMILES string of the molecule is C=CCNC(=O)C[C@@H]1c2ccccc2CCN1S(=O)(=O)c1ccc(C)cc1. The summed E-state index contributed by atoms with van der Waals surface area (Å²) in [6.45, 7) is 6.23. The number of nitrogens with zero attached hydrogens (tertiary/aromatic N) is 1. The second-order valence-electron chi connectivity index (χ2n) is 6.69. The van der Waals surface area contributed by atoms with Crippen molar-refractivity contribution in [2.24, 2.45) is 0 Å². The summed E-state index contributed by atoms with van der Waals surface area (Å²) in [7, 11) is -3.70. The van der Waals surface area contributed by atoms with Crippen LogP contribution in [0.15, 0.2) is 66.1 Å². The number of hydrogen-bond donors (Lipinski definition) is 1. The van der Waals surface area contributed by atoms with E-state index in [1.165, 1.54) is 4.31 Å². The largest absolute Gasteiger partial charge is 0.353 e. The summed E-state index contributed by atoms with van der Waals surface area (Å²) < 4.78 is 28.1. The van der Waals surface area contributed by atoms with Crippen molar-refractivity contribution in [1.29, 1.82) is 0 Å². The molecule has 0 spiro atoms. The second-order valence-corrected chi connectivity index (χ2v) is 8.58. The van der Waals surface area contributed by atoms with Crippen molar-refractivity contribution in [3.05, 3.63) is 77.9 Å². The summed E-state index contributed by atoms with van der Waals surface area (Å²) in [6.07, 6.45) is 2.31. The molecule has 0 saturated heterocycles. The maximum Gasteiger partial charge on any atom is 0.243 e. The minimum atomic E-state index is -3.70. The molecule has 2 aromatic carbocycles. The van der Waals surface area contributed by atoms with Crippen molar-refractivity contribution in [2.45, 2.75) is 30.7 Å². The molecule has 1 aliphatic heterocycles. The predicted molar refractivity (Wildman–Crippen MR) is 106 cm³/mol. The van der Waals surface area contributed by atoms with E-state index >= 15 is 0 Å². The van der Waals surface area contributed by atoms with E-state index in [0.29, 0.717) is 19.5 Å². The van der Waals surface area contributed by atoms with Crippen molar-refractivity contribution >= 4 is 15.9 Å². The molecule has 0 fully saturated rings. The zero-order valence-corrected chi connectivity index (χ0v) is 16.2. The Labute approximate surface area is 160 Å². The van der Waals surface area contributed by atoms with Crippen LogP contribution >= 0.6 is 0 Å². The molecule has 6 heteroatoms. The monoisotopic (exact) mass is 384 g/mol. The van der Waals surface area contributed by atoms with Gasteiger partial charge in [0.1, 0.15) is 0 Å². The van der Waals surface area contributed by atoms with Crippen LogP contribution in [0.5, 0.6) is 0 Å². The lowest BCUT2D eigenvalue weighted by molar-refractivity contribution is -0.121. The van der Waals surface area contributed by atoms with Crippen molar-refractivity contribution < 1.29 is 13.2 Å². The third-order valence-electron chi connectivity index (χ3n) is 4.81. The summed E-state index contributed by atoms with van der Waals surface area (Å²) in [5.41, 5.74) is 2.99. The first-order chi connectivity index (χ1) is 12.9. The fraction of sp³-hybridized carbons (Fsp3) is 0.286. The first-order valence-corrected chi connectivity index (χ1v) is 10.4. The predicted octanol–water partition coefficient (Wildman–Crippen LogP) is 2.98. The van der Waals surface area contributed by atoms with Crippen LogP contribution in [-0.2, 0) is 21.2 Å². The van der Waals surface area contributed by atoms with Gasteiger partial charge in [-0.2, -0.15) is 4.31 Å². The molecule has 1 atom stereocenters. The van der Waals surface area contributed by atoms with Crippen LogP contribution in [0.2, 0.25) is 0 Å². The van der Waals surface area contributed by atoms with Crippen molar-refractivity contribution in [3.8, 4) is 0 Å². The summed E-state index contributed by atoms with van der Waals surface area (Å²) >= 11 is 0. The number of nitrogens with one attached hydrogen (secondary N) is 1. The van der Waals surface area contributed by atoms with E-state index in [1.807, 2.05) is 31.2 Å². The van der Waals surface area contributed by atoms with Crippen molar-refractivity contribution in [3.63, 3.8) is 0 Å². The molecule has 2 aromatic rings. The highest BCUT2D eigenvalue weighted by Crippen LogP contribution is 2.36. The number of sulfonamides is 1. The molecule has 0 bridgehead atoms. The van der Waals surface area contributed by atoms with E-state index in [1.54, 1.807) is 30.3 Å². The van der Waals surface area contributed by atoms with Crippen LogP contribution in [0.1, 0.15) is 29.2 Å². The van der Waals surface area contributed by atoms with E-state index < -0.39 is 16.1 Å². The fourth-order valence-corrected chi connectivity index (χ4v) is 5.01. The molecule has 0 aliphatic carbocycles. The smallest absolute Gasteiger partial charge is 0.243 e. The molecule has 0 aromatic heterocycles. The average molecular weight is 385 g/mol. The van der Waals surface area contributed by atoms with Gasteiger partial charge in [-0.05, 0) is 36.6 Å². The Morgan fingerprint density at radius 3 is 2.63 bits per heavy atom. The maximum absolute atomic E-state index is 13.3. The Bertz CT molecular complexity index is 936. The molecule has 1 N–H and O–H groups in total. The van der Waals surface area contributed by atoms with E-state index in [9.17, 15) is 13.2 Å². The Hall–Kier alpha value is -2.44. The molecule has 0 saturated carbocycles. The molecule has 1 aliphatic rings. The average Bonchev–Trinajstić information content (AvgIpc) is 2.66. The highest BCUT2D eigenvalue weighted by Gasteiger charge is 2.37. The molecule has 0 unspecified atom stereocenters. The molecule has 5 nitrogen and oxygen atoms in total. The summed E-state index contributed by atoms with van der Waals surface area (Å²) in [4.78, 5) is 12.6. The van der Waals surface area contributed by atoms with Crippen molar-refractivity contribution in [2.75, 3.05) is 13.1 Å². The third-order valence-corrected chi connectivity index (χ3v) is 6.74. The first-order valence-electron chi connectivity index (χ1n) is 8.97. The quantitative estimate of drug-likeness (QED) is 0.779. The standard InChI is InChI=1S/C21H24N2O3S/c1-3-13-22-21(24)15-20-19-7-5-4-6-17(19)12-14-23(20)27(25,26)18-10-8-16(2)9-11-18/h3-11,20H,1,12-15H2,2H3,(H,22,24)/t20-/m1/s1. The number of fused-ring (bicyclic) bond motifs is 1. The van der Waals surface area contributed by atoms with Crippen LogP contribution in [0, 0.1) is 6.92 Å². The number of amides is 1. The lowest BCUT2D eigenvalue weighted by Gasteiger charge is -2.36. The number of aryl methyl sites for hydroxylation is 1.